The molecule has 0 fully saturated rings. The average molecular weight is 791 g/mol. The van der Waals surface area contributed by atoms with E-state index in [2.05, 4.69) is 170 Å². The van der Waals surface area contributed by atoms with Crippen LogP contribution in [0.3, 0.4) is 0 Å². The zero-order valence-corrected chi connectivity index (χ0v) is 33.0. The van der Waals surface area contributed by atoms with Gasteiger partial charge in [-0.1, -0.05) is 133 Å². The highest BCUT2D eigenvalue weighted by Gasteiger charge is 2.27. The van der Waals surface area contributed by atoms with Gasteiger partial charge >= 0.3 is 0 Å². The molecule has 0 aliphatic heterocycles. The molecule has 0 radical (unpaired) electrons. The Balaban J connectivity index is 1.11. The smallest absolute Gasteiger partial charge is 0.143 e. The second-order valence-electron chi connectivity index (χ2n) is 16.6. The Morgan fingerprint density at radius 2 is 0.532 bits per heavy atom. The molecule has 0 amide bonds. The molecule has 0 atom stereocenters. The fourth-order valence-corrected chi connectivity index (χ4v) is 10.9. The lowest BCUT2D eigenvalue weighted by Crippen LogP contribution is -1.92. The molecular formula is C58H30O4. The van der Waals surface area contributed by atoms with Gasteiger partial charge in [-0.2, -0.15) is 0 Å². The minimum Gasteiger partial charge on any atom is -0.456 e. The van der Waals surface area contributed by atoms with Gasteiger partial charge in [0.1, 0.15) is 44.7 Å². The Labute approximate surface area is 351 Å². The number of para-hydroxylation sites is 4. The Morgan fingerprint density at radius 3 is 0.903 bits per heavy atom. The van der Waals surface area contributed by atoms with Crippen LogP contribution in [0.2, 0.25) is 0 Å². The van der Waals surface area contributed by atoms with E-state index in [1.54, 1.807) is 0 Å². The van der Waals surface area contributed by atoms with Gasteiger partial charge in [0.05, 0.1) is 0 Å². The third-order valence-electron chi connectivity index (χ3n) is 13.4. The molecule has 0 bridgehead atoms. The lowest BCUT2D eigenvalue weighted by atomic mass is 9.83. The highest BCUT2D eigenvalue weighted by molar-refractivity contribution is 6.37. The molecule has 0 aliphatic carbocycles. The summed E-state index contributed by atoms with van der Waals surface area (Å²) in [5.74, 6) is 0. The second kappa shape index (κ2) is 11.7. The third-order valence-corrected chi connectivity index (χ3v) is 13.4. The van der Waals surface area contributed by atoms with Gasteiger partial charge in [-0.15, -0.1) is 0 Å². The summed E-state index contributed by atoms with van der Waals surface area (Å²) in [7, 11) is 0. The molecule has 0 saturated heterocycles. The van der Waals surface area contributed by atoms with Crippen LogP contribution >= 0.6 is 0 Å². The molecule has 0 N–H and O–H groups in total. The van der Waals surface area contributed by atoms with Crippen LogP contribution in [0.15, 0.2) is 200 Å². The van der Waals surface area contributed by atoms with Crippen LogP contribution in [-0.4, -0.2) is 0 Å². The monoisotopic (exact) mass is 790 g/mol. The largest absolute Gasteiger partial charge is 0.456 e. The molecule has 286 valence electrons. The van der Waals surface area contributed by atoms with E-state index in [9.17, 15) is 0 Å². The van der Waals surface area contributed by atoms with E-state index in [0.717, 1.165) is 153 Å². The first-order valence-electron chi connectivity index (χ1n) is 21.1. The first-order valence-corrected chi connectivity index (χ1v) is 21.1. The predicted molar refractivity (Wildman–Crippen MR) is 256 cm³/mol. The van der Waals surface area contributed by atoms with Crippen molar-refractivity contribution in [3.8, 4) is 22.3 Å². The molecule has 15 rings (SSSR count). The molecule has 0 unspecified atom stereocenters. The van der Waals surface area contributed by atoms with E-state index < -0.39 is 0 Å². The summed E-state index contributed by atoms with van der Waals surface area (Å²) in [4.78, 5) is 0. The minimum absolute atomic E-state index is 0.856. The van der Waals surface area contributed by atoms with Crippen molar-refractivity contribution >= 4 is 131 Å². The Bertz CT molecular complexity index is 4110. The number of benzene rings is 11. The van der Waals surface area contributed by atoms with Crippen molar-refractivity contribution in [2.45, 2.75) is 0 Å². The van der Waals surface area contributed by atoms with Crippen LogP contribution in [0.25, 0.3) is 153 Å². The van der Waals surface area contributed by atoms with E-state index in [0.29, 0.717) is 0 Å². The molecular weight excluding hydrogens is 761 g/mol. The molecule has 4 aromatic heterocycles. The third kappa shape index (κ3) is 4.11. The number of rotatable bonds is 2. The highest BCUT2D eigenvalue weighted by atomic mass is 16.3. The Morgan fingerprint density at radius 1 is 0.226 bits per heavy atom. The molecule has 4 heterocycles. The Hall–Kier alpha value is -8.34. The van der Waals surface area contributed by atoms with Crippen molar-refractivity contribution in [1.82, 2.24) is 0 Å². The zero-order chi connectivity index (χ0) is 40.2. The molecule has 15 aromatic rings. The summed E-state index contributed by atoms with van der Waals surface area (Å²) in [5.41, 5.74) is 11.3. The second-order valence-corrected chi connectivity index (χ2v) is 16.6. The van der Waals surface area contributed by atoms with Crippen LogP contribution in [0.4, 0.5) is 0 Å². The summed E-state index contributed by atoms with van der Waals surface area (Å²) in [6.45, 7) is 0. The molecule has 0 spiro atoms. The van der Waals surface area contributed by atoms with E-state index in [4.69, 9.17) is 17.7 Å². The van der Waals surface area contributed by atoms with Crippen molar-refractivity contribution in [3.05, 3.63) is 182 Å². The number of hydrogen-bond donors (Lipinski definition) is 0. The van der Waals surface area contributed by atoms with Gasteiger partial charge in [-0.05, 0) is 80.8 Å². The topological polar surface area (TPSA) is 52.6 Å². The van der Waals surface area contributed by atoms with Gasteiger partial charge < -0.3 is 17.7 Å². The van der Waals surface area contributed by atoms with Crippen LogP contribution in [-0.2, 0) is 0 Å². The quantitative estimate of drug-likeness (QED) is 0.164. The standard InChI is InChI=1S/C58H30O4/c1-2-14-34-33(13-1)51(41-29-31-25-27-47-53(37-17-5-9-21-43(37)59-47)49(31)55-39-19-7-11-23-45(39)61-57(41)55)35-15-3-4-16-36(35)52(34)42-30-32-26-28-48-54(38-18-6-10-22-44(38)60-48)50(32)56-40-20-8-12-24-46(40)62-58(42)56/h1-30H. The van der Waals surface area contributed by atoms with Gasteiger partial charge in [0.2, 0.25) is 0 Å². The first-order chi connectivity index (χ1) is 30.8. The van der Waals surface area contributed by atoms with Gasteiger partial charge in [0.25, 0.3) is 0 Å². The van der Waals surface area contributed by atoms with Crippen molar-refractivity contribution in [2.24, 2.45) is 0 Å². The molecule has 11 aromatic carbocycles. The maximum atomic E-state index is 7.04. The summed E-state index contributed by atoms with van der Waals surface area (Å²) < 4.78 is 27.0. The number of furan rings is 4. The van der Waals surface area contributed by atoms with Crippen molar-refractivity contribution in [2.75, 3.05) is 0 Å². The Kier molecular flexibility index (Phi) is 6.13. The van der Waals surface area contributed by atoms with Gasteiger partial charge in [-0.3, -0.25) is 0 Å². The van der Waals surface area contributed by atoms with Crippen LogP contribution in [0, 0.1) is 0 Å². The average Bonchev–Trinajstić information content (AvgIpc) is 4.11. The first kappa shape index (κ1) is 32.5. The molecule has 0 aliphatic rings. The lowest BCUT2D eigenvalue weighted by molar-refractivity contribution is 0.668. The fourth-order valence-electron chi connectivity index (χ4n) is 10.9. The van der Waals surface area contributed by atoms with E-state index >= 15 is 0 Å². The van der Waals surface area contributed by atoms with Crippen LogP contribution < -0.4 is 0 Å². The highest BCUT2D eigenvalue weighted by Crippen LogP contribution is 2.53. The lowest BCUT2D eigenvalue weighted by Gasteiger charge is -2.19. The maximum Gasteiger partial charge on any atom is 0.143 e. The van der Waals surface area contributed by atoms with Crippen LogP contribution in [0.5, 0.6) is 0 Å². The van der Waals surface area contributed by atoms with E-state index in [1.807, 2.05) is 12.1 Å². The number of hydrogen-bond acceptors (Lipinski definition) is 4. The minimum atomic E-state index is 0.856. The maximum absolute atomic E-state index is 7.04. The fraction of sp³-hybridized carbons (Fsp3) is 0. The molecule has 0 saturated carbocycles. The summed E-state index contributed by atoms with van der Waals surface area (Å²) in [5, 5.41) is 17.9. The summed E-state index contributed by atoms with van der Waals surface area (Å²) in [6, 6.07) is 64.5. The van der Waals surface area contributed by atoms with E-state index in [-0.39, 0.29) is 0 Å². The van der Waals surface area contributed by atoms with Gasteiger partial charge in [-0.25, -0.2) is 0 Å². The number of fused-ring (bicyclic) bond motifs is 20. The van der Waals surface area contributed by atoms with E-state index in [1.165, 1.54) is 0 Å². The SMILES string of the molecule is c1ccc2c(c1)oc1ccc3cc(-c4c5ccccc5c(-c5cc6ccc7oc8ccccc8c7c6c6c5oc5ccccc56)c5ccccc45)c4oc5ccccc5c4c3c12. The van der Waals surface area contributed by atoms with Gasteiger partial charge in [0.15, 0.2) is 0 Å². The zero-order valence-electron chi connectivity index (χ0n) is 33.0. The van der Waals surface area contributed by atoms with Crippen molar-refractivity contribution in [3.63, 3.8) is 0 Å². The predicted octanol–water partition coefficient (Wildman–Crippen LogP) is 17.2. The molecule has 4 heteroatoms. The van der Waals surface area contributed by atoms with Gasteiger partial charge in [0, 0.05) is 76.1 Å². The molecule has 4 nitrogen and oxygen atoms in total. The van der Waals surface area contributed by atoms with Crippen molar-refractivity contribution < 1.29 is 17.7 Å². The van der Waals surface area contributed by atoms with Crippen molar-refractivity contribution in [1.29, 1.82) is 0 Å². The summed E-state index contributed by atoms with van der Waals surface area (Å²) >= 11 is 0. The van der Waals surface area contributed by atoms with Crippen LogP contribution in [0.1, 0.15) is 0 Å². The molecule has 62 heavy (non-hydrogen) atoms. The summed E-state index contributed by atoms with van der Waals surface area (Å²) in [6.07, 6.45) is 0. The normalized spacial score (nSPS) is 12.5.